The fourth-order valence-corrected chi connectivity index (χ4v) is 0.819. The van der Waals surface area contributed by atoms with Crippen molar-refractivity contribution in [2.45, 2.75) is 5.37 Å². The highest BCUT2D eigenvalue weighted by Gasteiger charge is 1.98. The molecular formula is C8H13NS. The normalized spacial score (nSPS) is 13.4. The molecule has 2 heteroatoms. The molecule has 0 spiro atoms. The lowest BCUT2D eigenvalue weighted by atomic mass is 10.3. The molecule has 0 amide bonds. The molecule has 1 nitrogen and oxygen atoms in total. The Balaban J connectivity index is 3.83. The molecule has 0 aromatic rings. The van der Waals surface area contributed by atoms with Crippen LogP contribution in [0.2, 0.25) is 0 Å². The second-order valence-electron chi connectivity index (χ2n) is 1.83. The Bertz CT molecular complexity index is 149. The molecule has 0 rings (SSSR count). The number of allylic oxidation sites excluding steroid dienone is 2. The van der Waals surface area contributed by atoms with Gasteiger partial charge in [-0.3, -0.25) is 0 Å². The zero-order valence-corrected chi connectivity index (χ0v) is 7.03. The van der Waals surface area contributed by atoms with E-state index in [2.05, 4.69) is 13.2 Å². The first-order chi connectivity index (χ1) is 4.72. The minimum Gasteiger partial charge on any atom is -0.316 e. The Morgan fingerprint density at radius 1 is 1.70 bits per heavy atom. The van der Waals surface area contributed by atoms with Gasteiger partial charge in [-0.25, -0.2) is 0 Å². The molecule has 1 atom stereocenters. The summed E-state index contributed by atoms with van der Waals surface area (Å²) in [5.74, 6) is 0. The van der Waals surface area contributed by atoms with Crippen LogP contribution in [0.4, 0.5) is 0 Å². The molecule has 0 aromatic heterocycles. The van der Waals surface area contributed by atoms with Gasteiger partial charge < -0.3 is 5.73 Å². The second-order valence-corrected chi connectivity index (χ2v) is 2.81. The molecule has 0 fully saturated rings. The summed E-state index contributed by atoms with van der Waals surface area (Å²) >= 11 is 1.58. The Hall–Kier alpha value is -0.470. The predicted molar refractivity (Wildman–Crippen MR) is 50.0 cm³/mol. The van der Waals surface area contributed by atoms with Gasteiger partial charge in [-0.2, -0.15) is 0 Å². The van der Waals surface area contributed by atoms with Crippen molar-refractivity contribution in [1.29, 1.82) is 0 Å². The van der Waals surface area contributed by atoms with Gasteiger partial charge in [-0.15, -0.1) is 11.8 Å². The van der Waals surface area contributed by atoms with Crippen LogP contribution < -0.4 is 5.73 Å². The minimum absolute atomic E-state index is 0.0104. The first kappa shape index (κ1) is 9.53. The van der Waals surface area contributed by atoms with Crippen LogP contribution in [0, 0.1) is 0 Å². The summed E-state index contributed by atoms with van der Waals surface area (Å²) in [5.41, 5.74) is 6.56. The van der Waals surface area contributed by atoms with Crippen molar-refractivity contribution in [3.63, 3.8) is 0 Å². The lowest BCUT2D eigenvalue weighted by Crippen LogP contribution is -2.15. The number of rotatable bonds is 4. The smallest absolute Gasteiger partial charge is 0.0755 e. The first-order valence-corrected chi connectivity index (χ1v) is 4.27. The highest BCUT2D eigenvalue weighted by Crippen LogP contribution is 2.09. The van der Waals surface area contributed by atoms with E-state index in [0.29, 0.717) is 0 Å². The topological polar surface area (TPSA) is 26.0 Å². The molecular weight excluding hydrogens is 142 g/mol. The lowest BCUT2D eigenvalue weighted by Gasteiger charge is -2.06. The summed E-state index contributed by atoms with van der Waals surface area (Å²) in [6, 6.07) is 0. The number of thioether (sulfide) groups is 1. The fraction of sp³-hybridized carbons (Fsp3) is 0.250. The van der Waals surface area contributed by atoms with Crippen LogP contribution >= 0.6 is 11.8 Å². The maximum absolute atomic E-state index is 5.64. The van der Waals surface area contributed by atoms with Crippen LogP contribution in [0.3, 0.4) is 0 Å². The van der Waals surface area contributed by atoms with Gasteiger partial charge in [0.15, 0.2) is 0 Å². The third kappa shape index (κ3) is 3.54. The van der Waals surface area contributed by atoms with E-state index >= 15 is 0 Å². The van der Waals surface area contributed by atoms with Crippen LogP contribution in [0.25, 0.3) is 0 Å². The largest absolute Gasteiger partial charge is 0.316 e. The summed E-state index contributed by atoms with van der Waals surface area (Å²) in [4.78, 5) is 0. The van der Waals surface area contributed by atoms with Gasteiger partial charge in [0.05, 0.1) is 5.37 Å². The van der Waals surface area contributed by atoms with Crippen LogP contribution in [-0.2, 0) is 0 Å². The van der Waals surface area contributed by atoms with Crippen LogP contribution in [0.15, 0.2) is 37.0 Å². The van der Waals surface area contributed by atoms with Gasteiger partial charge in [0.1, 0.15) is 0 Å². The highest BCUT2D eigenvalue weighted by molar-refractivity contribution is 7.99. The van der Waals surface area contributed by atoms with E-state index in [4.69, 9.17) is 5.73 Å². The van der Waals surface area contributed by atoms with Gasteiger partial charge in [-0.1, -0.05) is 31.4 Å². The lowest BCUT2D eigenvalue weighted by molar-refractivity contribution is 1.11. The van der Waals surface area contributed by atoms with Gasteiger partial charge in [-0.05, 0) is 11.8 Å². The maximum atomic E-state index is 5.64. The van der Waals surface area contributed by atoms with Gasteiger partial charge >= 0.3 is 0 Å². The molecule has 0 radical (unpaired) electrons. The molecule has 0 saturated carbocycles. The molecule has 10 heavy (non-hydrogen) atoms. The second kappa shape index (κ2) is 5.33. The Labute approximate surface area is 66.7 Å². The van der Waals surface area contributed by atoms with E-state index in [9.17, 15) is 0 Å². The molecule has 0 heterocycles. The molecule has 2 N–H and O–H groups in total. The Kier molecular flexibility index (Phi) is 5.08. The van der Waals surface area contributed by atoms with E-state index in [1.807, 2.05) is 18.4 Å². The van der Waals surface area contributed by atoms with Crippen molar-refractivity contribution in [3.8, 4) is 0 Å². The average Bonchev–Trinajstić information content (AvgIpc) is 1.98. The summed E-state index contributed by atoms with van der Waals surface area (Å²) in [6.07, 6.45) is 7.36. The molecule has 0 saturated heterocycles. The molecule has 0 aliphatic heterocycles. The zero-order chi connectivity index (χ0) is 7.98. The first-order valence-electron chi connectivity index (χ1n) is 2.98. The minimum atomic E-state index is 0.0104. The van der Waals surface area contributed by atoms with Gasteiger partial charge in [0, 0.05) is 0 Å². The molecule has 0 aromatic carbocycles. The summed E-state index contributed by atoms with van der Waals surface area (Å²) in [6.45, 7) is 7.32. The van der Waals surface area contributed by atoms with Crippen LogP contribution in [0.5, 0.6) is 0 Å². The van der Waals surface area contributed by atoms with E-state index < -0.39 is 0 Å². The van der Waals surface area contributed by atoms with Crippen LogP contribution in [0.1, 0.15) is 0 Å². The summed E-state index contributed by atoms with van der Waals surface area (Å²) < 4.78 is 0. The van der Waals surface area contributed by atoms with Crippen molar-refractivity contribution in [2.24, 2.45) is 5.73 Å². The third-order valence-electron chi connectivity index (χ3n) is 1.07. The number of nitrogens with two attached hydrogens (primary N) is 1. The SMILES string of the molecule is C=CC=CC(=C)C(N)SC. The zero-order valence-electron chi connectivity index (χ0n) is 6.21. The standard InChI is InChI=1S/C8H13NS/c1-4-5-6-7(2)8(9)10-3/h4-6,8H,1-2,9H2,3H3. The average molecular weight is 155 g/mol. The van der Waals surface area contributed by atoms with Crippen molar-refractivity contribution < 1.29 is 0 Å². The fourth-order valence-electron chi connectivity index (χ4n) is 0.438. The van der Waals surface area contributed by atoms with Crippen molar-refractivity contribution in [1.82, 2.24) is 0 Å². The van der Waals surface area contributed by atoms with Gasteiger partial charge in [0.2, 0.25) is 0 Å². The van der Waals surface area contributed by atoms with Crippen molar-refractivity contribution >= 4 is 11.8 Å². The molecule has 0 aliphatic carbocycles. The van der Waals surface area contributed by atoms with E-state index in [-0.39, 0.29) is 5.37 Å². The maximum Gasteiger partial charge on any atom is 0.0755 e. The third-order valence-corrected chi connectivity index (χ3v) is 1.88. The molecule has 0 bridgehead atoms. The van der Waals surface area contributed by atoms with E-state index in [1.54, 1.807) is 17.8 Å². The summed E-state index contributed by atoms with van der Waals surface area (Å²) in [5, 5.41) is 0.0104. The predicted octanol–water partition coefficient (Wildman–Crippen LogP) is 1.93. The Morgan fingerprint density at radius 3 is 2.70 bits per heavy atom. The number of hydrogen-bond donors (Lipinski definition) is 1. The Morgan fingerprint density at radius 2 is 2.30 bits per heavy atom. The van der Waals surface area contributed by atoms with Crippen molar-refractivity contribution in [2.75, 3.05) is 6.26 Å². The number of hydrogen-bond acceptors (Lipinski definition) is 2. The molecule has 56 valence electrons. The van der Waals surface area contributed by atoms with E-state index in [1.165, 1.54) is 0 Å². The van der Waals surface area contributed by atoms with Gasteiger partial charge in [0.25, 0.3) is 0 Å². The van der Waals surface area contributed by atoms with Crippen molar-refractivity contribution in [3.05, 3.63) is 37.0 Å². The molecule has 1 unspecified atom stereocenters. The quantitative estimate of drug-likeness (QED) is 0.496. The molecule has 0 aliphatic rings. The van der Waals surface area contributed by atoms with E-state index in [0.717, 1.165) is 5.57 Å². The monoisotopic (exact) mass is 155 g/mol. The van der Waals surface area contributed by atoms with Crippen LogP contribution in [-0.4, -0.2) is 11.6 Å². The highest BCUT2D eigenvalue weighted by atomic mass is 32.2. The summed E-state index contributed by atoms with van der Waals surface area (Å²) in [7, 11) is 0.